The first-order chi connectivity index (χ1) is 12.6. The van der Waals surface area contributed by atoms with E-state index in [9.17, 15) is 4.39 Å². The van der Waals surface area contributed by atoms with E-state index in [4.69, 9.17) is 0 Å². The second-order valence-corrected chi connectivity index (χ2v) is 7.13. The molecule has 0 N–H and O–H groups in total. The molecule has 5 heteroatoms. The van der Waals surface area contributed by atoms with E-state index in [0.717, 1.165) is 36.7 Å². The molecule has 0 amide bonds. The van der Waals surface area contributed by atoms with E-state index in [2.05, 4.69) is 38.7 Å². The Morgan fingerprint density at radius 3 is 2.50 bits per heavy atom. The first-order valence-electron chi connectivity index (χ1n) is 9.05. The van der Waals surface area contributed by atoms with Crippen LogP contribution in [0.2, 0.25) is 0 Å². The maximum absolute atomic E-state index is 13.2. The van der Waals surface area contributed by atoms with Crippen molar-refractivity contribution in [3.8, 4) is 11.4 Å². The Morgan fingerprint density at radius 1 is 1.04 bits per heavy atom. The predicted octanol–water partition coefficient (Wildman–Crippen LogP) is 4.00. The van der Waals surface area contributed by atoms with Gasteiger partial charge in [-0.05, 0) is 37.0 Å². The molecule has 4 nitrogen and oxygen atoms in total. The molecule has 1 aliphatic heterocycles. The van der Waals surface area contributed by atoms with Crippen molar-refractivity contribution in [2.45, 2.75) is 31.8 Å². The Labute approximate surface area is 153 Å². The molecule has 0 radical (unpaired) electrons. The Morgan fingerprint density at radius 2 is 1.77 bits per heavy atom. The van der Waals surface area contributed by atoms with Crippen LogP contribution in [0.4, 0.5) is 4.39 Å². The molecule has 1 aromatic heterocycles. The van der Waals surface area contributed by atoms with Gasteiger partial charge in [-0.15, -0.1) is 10.2 Å². The molecule has 4 rings (SSSR count). The zero-order valence-corrected chi connectivity index (χ0v) is 15.1. The third-order valence-electron chi connectivity index (χ3n) is 5.39. The molecule has 0 unspecified atom stereocenters. The summed E-state index contributed by atoms with van der Waals surface area (Å²) in [7, 11) is 2.02. The zero-order valence-electron chi connectivity index (χ0n) is 15.1. The number of likely N-dealkylation sites (tertiary alicyclic amines) is 1. The fraction of sp³-hybridized carbons (Fsp3) is 0.333. The average molecular weight is 350 g/mol. The SMILES string of the molecule is C[C@@H]1C[C@H](c2ccc(F)cc2)CN1Cc1nnc(-c2ccccc2)n1C. The summed E-state index contributed by atoms with van der Waals surface area (Å²) in [6.45, 7) is 3.98. The Bertz CT molecular complexity index is 873. The Hall–Kier alpha value is -2.53. The third kappa shape index (κ3) is 3.27. The minimum Gasteiger partial charge on any atom is -0.313 e. The van der Waals surface area contributed by atoms with Crippen molar-refractivity contribution in [2.75, 3.05) is 6.54 Å². The maximum Gasteiger partial charge on any atom is 0.163 e. The van der Waals surface area contributed by atoms with E-state index in [-0.39, 0.29) is 5.82 Å². The number of benzene rings is 2. The second-order valence-electron chi connectivity index (χ2n) is 7.13. The van der Waals surface area contributed by atoms with Crippen molar-refractivity contribution < 1.29 is 4.39 Å². The van der Waals surface area contributed by atoms with Crippen LogP contribution >= 0.6 is 0 Å². The lowest BCUT2D eigenvalue weighted by molar-refractivity contribution is 0.249. The van der Waals surface area contributed by atoms with Crippen molar-refractivity contribution in [3.63, 3.8) is 0 Å². The van der Waals surface area contributed by atoms with Crippen LogP contribution in [0.15, 0.2) is 54.6 Å². The highest BCUT2D eigenvalue weighted by Crippen LogP contribution is 2.32. The molecular formula is C21H23FN4. The summed E-state index contributed by atoms with van der Waals surface area (Å²) in [5.74, 6) is 2.12. The van der Waals surface area contributed by atoms with Gasteiger partial charge in [0.1, 0.15) is 11.6 Å². The molecule has 3 aromatic rings. The van der Waals surface area contributed by atoms with Gasteiger partial charge in [0.15, 0.2) is 5.82 Å². The molecule has 1 saturated heterocycles. The van der Waals surface area contributed by atoms with Crippen molar-refractivity contribution in [1.82, 2.24) is 19.7 Å². The number of hydrogen-bond acceptors (Lipinski definition) is 3. The molecule has 1 aliphatic rings. The molecule has 0 spiro atoms. The summed E-state index contributed by atoms with van der Waals surface area (Å²) in [5, 5.41) is 8.81. The number of aromatic nitrogens is 3. The van der Waals surface area contributed by atoms with Gasteiger partial charge in [0.2, 0.25) is 0 Å². The van der Waals surface area contributed by atoms with Gasteiger partial charge in [-0.1, -0.05) is 42.5 Å². The van der Waals surface area contributed by atoms with E-state index in [1.165, 1.54) is 5.56 Å². The van der Waals surface area contributed by atoms with Gasteiger partial charge in [0.05, 0.1) is 6.54 Å². The maximum atomic E-state index is 13.2. The lowest BCUT2D eigenvalue weighted by atomic mass is 9.97. The smallest absolute Gasteiger partial charge is 0.163 e. The minimum absolute atomic E-state index is 0.177. The normalized spacial score (nSPS) is 20.6. The van der Waals surface area contributed by atoms with Gasteiger partial charge in [-0.2, -0.15) is 0 Å². The summed E-state index contributed by atoms with van der Waals surface area (Å²) >= 11 is 0. The largest absolute Gasteiger partial charge is 0.313 e. The van der Waals surface area contributed by atoms with E-state index in [1.54, 1.807) is 12.1 Å². The highest BCUT2D eigenvalue weighted by atomic mass is 19.1. The fourth-order valence-corrected chi connectivity index (χ4v) is 3.81. The molecule has 26 heavy (non-hydrogen) atoms. The lowest BCUT2D eigenvalue weighted by Gasteiger charge is -2.20. The third-order valence-corrected chi connectivity index (χ3v) is 5.39. The number of hydrogen-bond donors (Lipinski definition) is 0. The summed E-state index contributed by atoms with van der Waals surface area (Å²) < 4.78 is 15.2. The van der Waals surface area contributed by atoms with Crippen molar-refractivity contribution in [1.29, 1.82) is 0 Å². The van der Waals surface area contributed by atoms with Gasteiger partial charge in [-0.3, -0.25) is 4.90 Å². The molecule has 0 saturated carbocycles. The molecule has 0 aliphatic carbocycles. The number of halogens is 1. The quantitative estimate of drug-likeness (QED) is 0.713. The van der Waals surface area contributed by atoms with Crippen LogP contribution in [-0.2, 0) is 13.6 Å². The van der Waals surface area contributed by atoms with Gasteiger partial charge in [0.25, 0.3) is 0 Å². The monoisotopic (exact) mass is 350 g/mol. The van der Waals surface area contributed by atoms with Gasteiger partial charge in [0, 0.05) is 25.2 Å². The van der Waals surface area contributed by atoms with Crippen LogP contribution in [0.1, 0.15) is 30.7 Å². The molecule has 134 valence electrons. The summed E-state index contributed by atoms with van der Waals surface area (Å²) in [5.41, 5.74) is 2.29. The van der Waals surface area contributed by atoms with Gasteiger partial charge in [-0.25, -0.2) is 4.39 Å². The zero-order chi connectivity index (χ0) is 18.1. The fourth-order valence-electron chi connectivity index (χ4n) is 3.81. The molecule has 0 bridgehead atoms. The number of nitrogens with zero attached hydrogens (tertiary/aromatic N) is 4. The average Bonchev–Trinajstić information content (AvgIpc) is 3.20. The molecule has 2 atom stereocenters. The van der Waals surface area contributed by atoms with Gasteiger partial charge >= 0.3 is 0 Å². The second kappa shape index (κ2) is 7.00. The molecule has 2 aromatic carbocycles. The van der Waals surface area contributed by atoms with E-state index in [0.29, 0.717) is 12.0 Å². The summed E-state index contributed by atoms with van der Waals surface area (Å²) in [6.07, 6.45) is 1.08. The predicted molar refractivity (Wildman–Crippen MR) is 100 cm³/mol. The van der Waals surface area contributed by atoms with Gasteiger partial charge < -0.3 is 4.57 Å². The number of rotatable bonds is 4. The van der Waals surface area contributed by atoms with Crippen molar-refractivity contribution in [3.05, 3.63) is 71.8 Å². The first kappa shape index (κ1) is 16.9. The Balaban J connectivity index is 1.49. The van der Waals surface area contributed by atoms with Crippen LogP contribution in [0.5, 0.6) is 0 Å². The van der Waals surface area contributed by atoms with Crippen molar-refractivity contribution >= 4 is 0 Å². The van der Waals surface area contributed by atoms with E-state index in [1.807, 2.05) is 37.4 Å². The van der Waals surface area contributed by atoms with Crippen LogP contribution in [-0.4, -0.2) is 32.3 Å². The summed E-state index contributed by atoms with van der Waals surface area (Å²) in [6, 6.07) is 17.5. The van der Waals surface area contributed by atoms with Crippen LogP contribution in [0, 0.1) is 5.82 Å². The van der Waals surface area contributed by atoms with E-state index < -0.39 is 0 Å². The lowest BCUT2D eigenvalue weighted by Crippen LogP contribution is -2.28. The van der Waals surface area contributed by atoms with E-state index >= 15 is 0 Å². The van der Waals surface area contributed by atoms with Crippen LogP contribution in [0.3, 0.4) is 0 Å². The standard InChI is InChI=1S/C21H23FN4/c1-15-12-18(16-8-10-19(22)11-9-16)13-26(15)14-20-23-24-21(25(20)2)17-6-4-3-5-7-17/h3-11,15,18H,12-14H2,1-2H3/t15-,18+/m1/s1. The molecule has 2 heterocycles. The topological polar surface area (TPSA) is 34.0 Å². The minimum atomic E-state index is -0.177. The van der Waals surface area contributed by atoms with Crippen molar-refractivity contribution in [2.24, 2.45) is 7.05 Å². The first-order valence-corrected chi connectivity index (χ1v) is 9.05. The Kier molecular flexibility index (Phi) is 4.55. The highest BCUT2D eigenvalue weighted by molar-refractivity contribution is 5.54. The van der Waals surface area contributed by atoms with Crippen LogP contribution in [0.25, 0.3) is 11.4 Å². The highest BCUT2D eigenvalue weighted by Gasteiger charge is 2.31. The summed E-state index contributed by atoms with van der Waals surface area (Å²) in [4.78, 5) is 2.44. The molecular weight excluding hydrogens is 327 g/mol. The molecule has 1 fully saturated rings. The van der Waals surface area contributed by atoms with Crippen LogP contribution < -0.4 is 0 Å².